The molecule has 1 heterocycles. The Morgan fingerprint density at radius 3 is 2.72 bits per heavy atom. The van der Waals surface area contributed by atoms with Crippen molar-refractivity contribution in [3.63, 3.8) is 0 Å². The number of hydrogen-bond donors (Lipinski definition) is 2. The van der Waals surface area contributed by atoms with Crippen LogP contribution in [0.4, 0.5) is 0 Å². The van der Waals surface area contributed by atoms with E-state index in [0.29, 0.717) is 6.04 Å². The minimum absolute atomic E-state index is 0.326. The molecule has 0 spiro atoms. The van der Waals surface area contributed by atoms with Crippen LogP contribution in [-0.4, -0.2) is 27.6 Å². The number of hydrogen-bond acceptors (Lipinski definition) is 4. The van der Waals surface area contributed by atoms with Gasteiger partial charge >= 0.3 is 0 Å². The highest BCUT2D eigenvalue weighted by atomic mass is 127. The molecule has 0 aliphatic carbocycles. The van der Waals surface area contributed by atoms with Crippen molar-refractivity contribution < 1.29 is 0 Å². The van der Waals surface area contributed by atoms with Gasteiger partial charge in [-0.1, -0.05) is 28.7 Å². The lowest BCUT2D eigenvalue weighted by atomic mass is 10.1. The number of nitrogens with one attached hydrogen (secondary N) is 2. The molecule has 1 atom stereocenters. The quantitative estimate of drug-likeness (QED) is 0.361. The highest BCUT2D eigenvalue weighted by Crippen LogP contribution is 2.16. The van der Waals surface area contributed by atoms with E-state index < -0.39 is 0 Å². The topological polar surface area (TPSA) is 49.8 Å². The van der Waals surface area contributed by atoms with Crippen LogP contribution in [-0.2, 0) is 0 Å². The minimum Gasteiger partial charge on any atom is -0.309 e. The van der Waals surface area contributed by atoms with Gasteiger partial charge in [0.1, 0.15) is 0 Å². The van der Waals surface area contributed by atoms with E-state index in [9.17, 15) is 0 Å². The molecule has 18 heavy (non-hydrogen) atoms. The van der Waals surface area contributed by atoms with Crippen LogP contribution in [0.1, 0.15) is 18.5 Å². The molecule has 0 saturated heterocycles. The highest BCUT2D eigenvalue weighted by molar-refractivity contribution is 14.1. The summed E-state index contributed by atoms with van der Waals surface area (Å²) in [6, 6.07) is 6.57. The van der Waals surface area contributed by atoms with E-state index in [0.717, 1.165) is 28.7 Å². The molecule has 0 aliphatic rings. The second-order valence-corrected chi connectivity index (χ2v) is 4.88. The summed E-state index contributed by atoms with van der Waals surface area (Å²) >= 11 is 2.31. The van der Waals surface area contributed by atoms with Gasteiger partial charge in [0.15, 0.2) is 0 Å². The standard InChI is InChI=1S/C13H17IN4/c1-10(16-5-4-15-9-14)11-2-3-12-13(8-11)18-7-6-17-12/h2-3,6-8,10,15-16H,4-5,9H2,1H3. The van der Waals surface area contributed by atoms with Crippen molar-refractivity contribution in [2.75, 3.05) is 17.6 Å². The van der Waals surface area contributed by atoms with Crippen molar-refractivity contribution in [2.45, 2.75) is 13.0 Å². The molecule has 2 aromatic rings. The lowest BCUT2D eigenvalue weighted by Crippen LogP contribution is -2.28. The molecular weight excluding hydrogens is 339 g/mol. The Hall–Kier alpha value is -0.790. The zero-order chi connectivity index (χ0) is 12.8. The Balaban J connectivity index is 2.01. The maximum absolute atomic E-state index is 4.33. The van der Waals surface area contributed by atoms with E-state index in [2.05, 4.69) is 62.2 Å². The van der Waals surface area contributed by atoms with E-state index in [1.54, 1.807) is 12.4 Å². The van der Waals surface area contributed by atoms with E-state index >= 15 is 0 Å². The van der Waals surface area contributed by atoms with Gasteiger partial charge in [-0.3, -0.25) is 9.97 Å². The smallest absolute Gasteiger partial charge is 0.0890 e. The summed E-state index contributed by atoms with van der Waals surface area (Å²) in [6.45, 7) is 4.12. The Kier molecular flexibility index (Phi) is 5.27. The summed E-state index contributed by atoms with van der Waals surface area (Å²) in [5.41, 5.74) is 3.14. The first kappa shape index (κ1) is 13.6. The van der Waals surface area contributed by atoms with Crippen LogP contribution in [0.25, 0.3) is 11.0 Å². The molecule has 0 aliphatic heterocycles. The van der Waals surface area contributed by atoms with Crippen LogP contribution < -0.4 is 10.6 Å². The number of benzene rings is 1. The predicted molar refractivity (Wildman–Crippen MR) is 82.8 cm³/mol. The van der Waals surface area contributed by atoms with Crippen molar-refractivity contribution >= 4 is 33.6 Å². The Morgan fingerprint density at radius 1 is 1.17 bits per heavy atom. The average molecular weight is 356 g/mol. The number of halogens is 1. The molecular formula is C13H17IN4. The lowest BCUT2D eigenvalue weighted by molar-refractivity contribution is 0.562. The second kappa shape index (κ2) is 6.96. The van der Waals surface area contributed by atoms with E-state index in [-0.39, 0.29) is 0 Å². The van der Waals surface area contributed by atoms with E-state index in [4.69, 9.17) is 0 Å². The van der Waals surface area contributed by atoms with E-state index in [1.165, 1.54) is 5.56 Å². The number of nitrogens with zero attached hydrogens (tertiary/aromatic N) is 2. The maximum atomic E-state index is 4.33. The summed E-state index contributed by atoms with van der Waals surface area (Å²) in [6.07, 6.45) is 3.45. The molecule has 0 radical (unpaired) electrons. The number of alkyl halides is 1. The fraction of sp³-hybridized carbons (Fsp3) is 0.385. The molecule has 2 N–H and O–H groups in total. The van der Waals surface area contributed by atoms with Gasteiger partial charge in [-0.05, 0) is 24.6 Å². The van der Waals surface area contributed by atoms with E-state index in [1.807, 2.05) is 6.07 Å². The van der Waals surface area contributed by atoms with Crippen molar-refractivity contribution in [2.24, 2.45) is 0 Å². The molecule has 5 heteroatoms. The molecule has 0 amide bonds. The van der Waals surface area contributed by atoms with Gasteiger partial charge in [-0.25, -0.2) is 0 Å². The molecule has 0 fully saturated rings. The predicted octanol–water partition coefficient (Wildman–Crippen LogP) is 2.26. The summed E-state index contributed by atoms with van der Waals surface area (Å²) in [5.74, 6) is 0. The first-order valence-electron chi connectivity index (χ1n) is 6.02. The molecule has 2 rings (SSSR count). The van der Waals surface area contributed by atoms with Crippen LogP contribution >= 0.6 is 22.6 Å². The van der Waals surface area contributed by atoms with Gasteiger partial charge in [-0.15, -0.1) is 0 Å². The fourth-order valence-electron chi connectivity index (χ4n) is 1.81. The van der Waals surface area contributed by atoms with Gasteiger partial charge in [0, 0.05) is 36.1 Å². The third-order valence-corrected chi connectivity index (χ3v) is 3.38. The van der Waals surface area contributed by atoms with Gasteiger partial charge in [-0.2, -0.15) is 0 Å². The highest BCUT2D eigenvalue weighted by Gasteiger charge is 2.05. The average Bonchev–Trinajstić information content (AvgIpc) is 2.43. The Morgan fingerprint density at radius 2 is 1.94 bits per heavy atom. The summed E-state index contributed by atoms with van der Waals surface area (Å²) in [4.78, 5) is 8.60. The number of aromatic nitrogens is 2. The largest absolute Gasteiger partial charge is 0.309 e. The number of fused-ring (bicyclic) bond motifs is 1. The van der Waals surface area contributed by atoms with Crippen LogP contribution in [0.5, 0.6) is 0 Å². The lowest BCUT2D eigenvalue weighted by Gasteiger charge is -2.14. The summed E-state index contributed by atoms with van der Waals surface area (Å²) in [7, 11) is 0. The zero-order valence-electron chi connectivity index (χ0n) is 10.4. The van der Waals surface area contributed by atoms with Crippen molar-refractivity contribution in [1.82, 2.24) is 20.6 Å². The molecule has 96 valence electrons. The van der Waals surface area contributed by atoms with Crippen LogP contribution in [0.2, 0.25) is 0 Å². The Bertz CT molecular complexity index is 503. The molecule has 0 saturated carbocycles. The molecule has 1 aromatic heterocycles. The maximum Gasteiger partial charge on any atom is 0.0890 e. The Labute approximate surface area is 121 Å². The molecule has 1 aromatic carbocycles. The first-order chi connectivity index (χ1) is 8.81. The monoisotopic (exact) mass is 356 g/mol. The van der Waals surface area contributed by atoms with Crippen LogP contribution in [0, 0.1) is 0 Å². The van der Waals surface area contributed by atoms with Crippen molar-refractivity contribution in [1.29, 1.82) is 0 Å². The summed E-state index contributed by atoms with van der Waals surface area (Å²) in [5, 5.41) is 6.77. The normalized spacial score (nSPS) is 12.8. The minimum atomic E-state index is 0.326. The molecule has 0 bridgehead atoms. The van der Waals surface area contributed by atoms with Crippen LogP contribution in [0.3, 0.4) is 0 Å². The molecule has 4 nitrogen and oxygen atoms in total. The summed E-state index contributed by atoms with van der Waals surface area (Å²) < 4.78 is 0.986. The third kappa shape index (κ3) is 3.60. The van der Waals surface area contributed by atoms with Gasteiger partial charge in [0.25, 0.3) is 0 Å². The SMILES string of the molecule is CC(NCCNCI)c1ccc2nccnc2c1. The van der Waals surface area contributed by atoms with Gasteiger partial charge in [0.05, 0.1) is 11.0 Å². The van der Waals surface area contributed by atoms with Crippen molar-refractivity contribution in [3.8, 4) is 0 Å². The third-order valence-electron chi connectivity index (χ3n) is 2.84. The van der Waals surface area contributed by atoms with Crippen LogP contribution in [0.15, 0.2) is 30.6 Å². The first-order valence-corrected chi connectivity index (χ1v) is 7.54. The fourth-order valence-corrected chi connectivity index (χ4v) is 2.19. The molecule has 1 unspecified atom stereocenters. The van der Waals surface area contributed by atoms with Gasteiger partial charge < -0.3 is 10.6 Å². The van der Waals surface area contributed by atoms with Gasteiger partial charge in [0.2, 0.25) is 0 Å². The second-order valence-electron chi connectivity index (χ2n) is 4.11. The number of rotatable bonds is 6. The zero-order valence-corrected chi connectivity index (χ0v) is 12.5. The van der Waals surface area contributed by atoms with Crippen molar-refractivity contribution in [3.05, 3.63) is 36.2 Å².